The summed E-state index contributed by atoms with van der Waals surface area (Å²) in [6, 6.07) is 5.67. The van der Waals surface area contributed by atoms with Crippen molar-refractivity contribution in [2.24, 2.45) is 0 Å². The number of aryl methyl sites for hydroxylation is 3. The predicted molar refractivity (Wildman–Crippen MR) is 109 cm³/mol. The molecule has 0 radical (unpaired) electrons. The van der Waals surface area contributed by atoms with Crippen molar-refractivity contribution in [1.82, 2.24) is 9.71 Å². The highest BCUT2D eigenvalue weighted by Crippen LogP contribution is 2.21. The molecule has 1 amide bonds. The normalized spacial score (nSPS) is 12.8. The summed E-state index contributed by atoms with van der Waals surface area (Å²) < 4.78 is 27.8. The molecule has 6 nitrogen and oxygen atoms in total. The molecule has 0 aliphatic heterocycles. The van der Waals surface area contributed by atoms with Crippen LogP contribution in [0, 0.1) is 20.8 Å². The number of nitrogens with one attached hydrogen (secondary N) is 2. The Morgan fingerprint density at radius 3 is 2.42 bits per heavy atom. The quantitative estimate of drug-likeness (QED) is 0.694. The highest BCUT2D eigenvalue weighted by Gasteiger charge is 2.26. The molecular formula is C17H23N3O3S3. The number of anilines is 1. The number of benzene rings is 1. The van der Waals surface area contributed by atoms with Gasteiger partial charge in [0.15, 0.2) is 5.13 Å². The molecule has 1 aromatic carbocycles. The first kappa shape index (κ1) is 20.9. The number of amides is 1. The Morgan fingerprint density at radius 2 is 1.88 bits per heavy atom. The molecule has 2 N–H and O–H groups in total. The predicted octanol–water partition coefficient (Wildman–Crippen LogP) is 3.11. The van der Waals surface area contributed by atoms with Gasteiger partial charge in [-0.15, -0.1) is 11.3 Å². The lowest BCUT2D eigenvalue weighted by atomic mass is 10.2. The lowest BCUT2D eigenvalue weighted by molar-refractivity contribution is -0.117. The van der Waals surface area contributed by atoms with E-state index in [1.807, 2.05) is 27.0 Å². The van der Waals surface area contributed by atoms with Crippen molar-refractivity contribution in [3.63, 3.8) is 0 Å². The minimum atomic E-state index is -3.78. The zero-order valence-electron chi connectivity index (χ0n) is 15.2. The molecule has 0 fully saturated rings. The van der Waals surface area contributed by atoms with Gasteiger partial charge in [-0.05, 0) is 51.3 Å². The number of hydrogen-bond donors (Lipinski definition) is 2. The van der Waals surface area contributed by atoms with E-state index in [0.717, 1.165) is 16.1 Å². The van der Waals surface area contributed by atoms with Gasteiger partial charge in [-0.2, -0.15) is 16.5 Å². The SMILES string of the molecule is CSCC[C@H](NS(=O)(=O)c1ccc(C)cc1)C(=O)Nc1nc(C)c(C)s1. The smallest absolute Gasteiger partial charge is 0.244 e. The van der Waals surface area contributed by atoms with Gasteiger partial charge >= 0.3 is 0 Å². The molecule has 2 rings (SSSR count). The third-order valence-electron chi connectivity index (χ3n) is 3.81. The van der Waals surface area contributed by atoms with Crippen LogP contribution in [-0.4, -0.2) is 37.4 Å². The molecule has 0 spiro atoms. The van der Waals surface area contributed by atoms with Gasteiger partial charge in [0, 0.05) is 4.88 Å². The molecule has 26 heavy (non-hydrogen) atoms. The van der Waals surface area contributed by atoms with Gasteiger partial charge in [-0.1, -0.05) is 17.7 Å². The number of thioether (sulfide) groups is 1. The molecular weight excluding hydrogens is 390 g/mol. The van der Waals surface area contributed by atoms with E-state index in [-0.39, 0.29) is 4.90 Å². The van der Waals surface area contributed by atoms with Gasteiger partial charge in [0.25, 0.3) is 0 Å². The number of hydrogen-bond acceptors (Lipinski definition) is 6. The van der Waals surface area contributed by atoms with Crippen molar-refractivity contribution in [2.45, 2.75) is 38.1 Å². The van der Waals surface area contributed by atoms with Crippen molar-refractivity contribution in [3.8, 4) is 0 Å². The summed E-state index contributed by atoms with van der Waals surface area (Å²) in [5.41, 5.74) is 1.82. The van der Waals surface area contributed by atoms with Crippen LogP contribution in [0.15, 0.2) is 29.2 Å². The molecule has 0 aliphatic carbocycles. The van der Waals surface area contributed by atoms with Crippen molar-refractivity contribution in [1.29, 1.82) is 0 Å². The monoisotopic (exact) mass is 413 g/mol. The first-order valence-corrected chi connectivity index (χ1v) is 11.7. The Labute approximate surface area is 162 Å². The molecule has 142 valence electrons. The van der Waals surface area contributed by atoms with E-state index in [4.69, 9.17) is 0 Å². The van der Waals surface area contributed by atoms with Crippen molar-refractivity contribution >= 4 is 44.2 Å². The van der Waals surface area contributed by atoms with Crippen LogP contribution in [0.3, 0.4) is 0 Å². The number of aromatic nitrogens is 1. The lowest BCUT2D eigenvalue weighted by Crippen LogP contribution is -2.44. The van der Waals surface area contributed by atoms with E-state index in [1.54, 1.807) is 23.9 Å². The summed E-state index contributed by atoms with van der Waals surface area (Å²) in [7, 11) is -3.78. The number of nitrogens with zero attached hydrogens (tertiary/aromatic N) is 1. The molecule has 0 bridgehead atoms. The number of carbonyl (C=O) groups excluding carboxylic acids is 1. The van der Waals surface area contributed by atoms with E-state index >= 15 is 0 Å². The van der Waals surface area contributed by atoms with Crippen LogP contribution in [0.5, 0.6) is 0 Å². The minimum absolute atomic E-state index is 0.144. The lowest BCUT2D eigenvalue weighted by Gasteiger charge is -2.17. The van der Waals surface area contributed by atoms with E-state index in [1.165, 1.54) is 23.5 Å². The Morgan fingerprint density at radius 1 is 1.23 bits per heavy atom. The fourth-order valence-electron chi connectivity index (χ4n) is 2.17. The van der Waals surface area contributed by atoms with Gasteiger partial charge in [-0.25, -0.2) is 13.4 Å². The van der Waals surface area contributed by atoms with Crippen LogP contribution in [0.4, 0.5) is 5.13 Å². The summed E-state index contributed by atoms with van der Waals surface area (Å²) in [5, 5.41) is 3.21. The van der Waals surface area contributed by atoms with Crippen LogP contribution in [0.25, 0.3) is 0 Å². The van der Waals surface area contributed by atoms with Gasteiger partial charge < -0.3 is 5.32 Å². The fourth-order valence-corrected chi connectivity index (χ4v) is 4.69. The summed E-state index contributed by atoms with van der Waals surface area (Å²) in [6.45, 7) is 5.68. The molecule has 0 unspecified atom stereocenters. The Hall–Kier alpha value is -1.42. The maximum Gasteiger partial charge on any atom is 0.244 e. The molecule has 0 saturated heterocycles. The molecule has 1 heterocycles. The number of rotatable bonds is 8. The van der Waals surface area contributed by atoms with Crippen LogP contribution >= 0.6 is 23.1 Å². The molecule has 0 saturated carbocycles. The van der Waals surface area contributed by atoms with Crippen LogP contribution in [-0.2, 0) is 14.8 Å². The van der Waals surface area contributed by atoms with Gasteiger partial charge in [0.2, 0.25) is 15.9 Å². The number of sulfonamides is 1. The van der Waals surface area contributed by atoms with Crippen molar-refractivity contribution in [2.75, 3.05) is 17.3 Å². The molecule has 9 heteroatoms. The van der Waals surface area contributed by atoms with Gasteiger partial charge in [0.05, 0.1) is 10.6 Å². The molecule has 2 aromatic rings. The highest BCUT2D eigenvalue weighted by molar-refractivity contribution is 7.98. The third-order valence-corrected chi connectivity index (χ3v) is 6.93. The topological polar surface area (TPSA) is 88.2 Å². The van der Waals surface area contributed by atoms with Gasteiger partial charge in [-0.3, -0.25) is 4.79 Å². The fraction of sp³-hybridized carbons (Fsp3) is 0.412. The van der Waals surface area contributed by atoms with Crippen molar-refractivity contribution in [3.05, 3.63) is 40.4 Å². The molecule has 1 aromatic heterocycles. The second-order valence-electron chi connectivity index (χ2n) is 5.92. The van der Waals surface area contributed by atoms with E-state index in [2.05, 4.69) is 15.0 Å². The van der Waals surface area contributed by atoms with Crippen LogP contribution in [0.1, 0.15) is 22.6 Å². The van der Waals surface area contributed by atoms with Gasteiger partial charge in [0.1, 0.15) is 6.04 Å². The van der Waals surface area contributed by atoms with Crippen molar-refractivity contribution < 1.29 is 13.2 Å². The zero-order chi connectivity index (χ0) is 19.3. The largest absolute Gasteiger partial charge is 0.301 e. The van der Waals surface area contributed by atoms with E-state index in [9.17, 15) is 13.2 Å². The summed E-state index contributed by atoms with van der Waals surface area (Å²) in [4.78, 5) is 18.1. The summed E-state index contributed by atoms with van der Waals surface area (Å²) in [5.74, 6) is 0.258. The highest BCUT2D eigenvalue weighted by atomic mass is 32.2. The van der Waals surface area contributed by atoms with Crippen LogP contribution < -0.4 is 10.0 Å². The Bertz CT molecular complexity index is 842. The maximum absolute atomic E-state index is 12.6. The average Bonchev–Trinajstić information content (AvgIpc) is 2.89. The minimum Gasteiger partial charge on any atom is -0.301 e. The zero-order valence-corrected chi connectivity index (χ0v) is 17.6. The Balaban J connectivity index is 2.17. The second kappa shape index (κ2) is 8.98. The number of carbonyl (C=O) groups is 1. The third kappa shape index (κ3) is 5.54. The van der Waals surface area contributed by atoms with Crippen LogP contribution in [0.2, 0.25) is 0 Å². The average molecular weight is 414 g/mol. The summed E-state index contributed by atoms with van der Waals surface area (Å²) in [6.07, 6.45) is 2.30. The van der Waals surface area contributed by atoms with E-state index in [0.29, 0.717) is 17.3 Å². The second-order valence-corrected chi connectivity index (χ2v) is 9.82. The molecule has 1 atom stereocenters. The standard InChI is InChI=1S/C17H23N3O3S3/c1-11-5-7-14(8-6-11)26(22,23)20-15(9-10-24-4)16(21)19-17-18-12(2)13(3)25-17/h5-8,15,20H,9-10H2,1-4H3,(H,18,19,21)/t15-/m0/s1. The van der Waals surface area contributed by atoms with E-state index < -0.39 is 22.0 Å². The maximum atomic E-state index is 12.6. The Kier molecular flexibility index (Phi) is 7.22. The first-order chi connectivity index (χ1) is 12.2. The molecule has 0 aliphatic rings. The first-order valence-electron chi connectivity index (χ1n) is 8.06. The number of thiazole rings is 1. The summed E-state index contributed by atoms with van der Waals surface area (Å²) >= 11 is 2.93.